The Morgan fingerprint density at radius 2 is 1.09 bits per heavy atom. The summed E-state index contributed by atoms with van der Waals surface area (Å²) >= 11 is 0. The molecule has 57 heavy (non-hydrogen) atoms. The number of aliphatic carboxylic acids is 1. The molecule has 1 aliphatic rings. The first-order valence-electron chi connectivity index (χ1n) is 17.7. The molecule has 292 valence electrons. The molecule has 2 N–H and O–H groups in total. The first kappa shape index (κ1) is 39.7. The molecule has 5 aromatic carbocycles. The summed E-state index contributed by atoms with van der Waals surface area (Å²) in [6.07, 6.45) is -1.86. The van der Waals surface area contributed by atoms with Gasteiger partial charge in [-0.05, 0) is 0 Å². The molecule has 2 unspecified atom stereocenters. The van der Waals surface area contributed by atoms with Crippen molar-refractivity contribution < 1.29 is 43.6 Å². The molecule has 2 atom stereocenters. The van der Waals surface area contributed by atoms with Crippen molar-refractivity contribution in [1.29, 1.82) is 0 Å². The summed E-state index contributed by atoms with van der Waals surface area (Å²) in [6, 6.07) is 36.9. The van der Waals surface area contributed by atoms with Gasteiger partial charge in [-0.15, -0.1) is 0 Å². The third-order valence-electron chi connectivity index (χ3n) is 10.2. The number of nitrogens with one attached hydrogen (secondary N) is 1. The number of alkyl carbamates (subject to hydrolysis) is 1. The van der Waals surface area contributed by atoms with Gasteiger partial charge >= 0.3 is 311 Å². The fourth-order valence-electron chi connectivity index (χ4n) is 7.44. The van der Waals surface area contributed by atoms with E-state index in [0.29, 0.717) is 15.9 Å². The van der Waals surface area contributed by atoms with E-state index >= 15 is 4.79 Å². The molecule has 15 nitrogen and oxygen atoms in total. The summed E-state index contributed by atoms with van der Waals surface area (Å²) in [5.41, 5.74) is -0.959. The molecule has 0 radical (unpaired) electrons. The molecular formula is C41H37N4O11P. The van der Waals surface area contributed by atoms with Crippen LogP contribution in [0.1, 0.15) is 17.5 Å². The van der Waals surface area contributed by atoms with Crippen LogP contribution in [0.25, 0.3) is 0 Å². The van der Waals surface area contributed by atoms with Gasteiger partial charge < -0.3 is 0 Å². The molecule has 0 saturated carbocycles. The molecule has 1 saturated heterocycles. The molecule has 0 aliphatic carbocycles. The van der Waals surface area contributed by atoms with Crippen LogP contribution in [0, 0.1) is 26.1 Å². The number of ether oxygens (including phenoxy) is 2. The van der Waals surface area contributed by atoms with Gasteiger partial charge in [0.2, 0.25) is 0 Å². The third kappa shape index (κ3) is 7.52. The predicted octanol–water partition coefficient (Wildman–Crippen LogP) is 5.86. The Morgan fingerprint density at radius 1 is 0.667 bits per heavy atom. The maximum atomic E-state index is 15.6. The number of carboxylic acids is 1. The van der Waals surface area contributed by atoms with E-state index in [1.54, 1.807) is 103 Å². The van der Waals surface area contributed by atoms with Crippen LogP contribution in [-0.2, 0) is 32.3 Å². The van der Waals surface area contributed by atoms with Crippen LogP contribution in [0.15, 0.2) is 140 Å². The average molecular weight is 793 g/mol. The molecule has 0 bridgehead atoms. The minimum absolute atomic E-state index is 0.144. The van der Waals surface area contributed by atoms with Crippen LogP contribution in [0.4, 0.5) is 21.0 Å². The molecular weight excluding hydrogens is 755 g/mol. The topological polar surface area (TPSA) is 209 Å². The molecule has 2 amide bonds. The maximum absolute atomic E-state index is 15.6. The zero-order valence-corrected chi connectivity index (χ0v) is 31.2. The van der Waals surface area contributed by atoms with Crippen LogP contribution in [0.2, 0.25) is 0 Å². The van der Waals surface area contributed by atoms with Crippen molar-refractivity contribution in [3.8, 4) is 0 Å². The number of hydrogen-bond acceptors (Lipinski definition) is 10. The number of carbonyl (C=O) groups excluding carboxylic acids is 3. The van der Waals surface area contributed by atoms with Gasteiger partial charge in [0.25, 0.3) is 0 Å². The number of amides is 2. The zero-order valence-electron chi connectivity index (χ0n) is 30.3. The second-order valence-electron chi connectivity index (χ2n) is 13.3. The second kappa shape index (κ2) is 16.8. The Balaban J connectivity index is 1.41. The van der Waals surface area contributed by atoms with Crippen LogP contribution >= 0.6 is 6.60 Å². The van der Waals surface area contributed by atoms with Gasteiger partial charge in [0.1, 0.15) is 0 Å². The van der Waals surface area contributed by atoms with Crippen LogP contribution < -0.4 is 21.2 Å². The number of nitro benzene ring substituents is 2. The summed E-state index contributed by atoms with van der Waals surface area (Å²) in [4.78, 5) is 78.6. The number of nitrogens with zero attached hydrogens (tertiary/aromatic N) is 3. The molecule has 1 heterocycles. The van der Waals surface area contributed by atoms with E-state index in [-0.39, 0.29) is 35.3 Å². The van der Waals surface area contributed by atoms with Gasteiger partial charge in [-0.2, -0.15) is 0 Å². The molecule has 5 aromatic rings. The molecule has 16 heteroatoms. The first-order chi connectivity index (χ1) is 27.5. The van der Waals surface area contributed by atoms with Crippen molar-refractivity contribution in [3.05, 3.63) is 171 Å². The zero-order chi connectivity index (χ0) is 40.6. The Kier molecular flexibility index (Phi) is 11.7. The molecule has 1 fully saturated rings. The monoisotopic (exact) mass is 792 g/mol. The molecule has 0 spiro atoms. The average Bonchev–Trinajstić information content (AvgIpc) is 3.23. The van der Waals surface area contributed by atoms with Gasteiger partial charge in [0.15, 0.2) is 0 Å². The standard InChI is InChI=1S/C41H37N4O11P/c46-38(47)24-37-34(25-42-40(49)55-26-29-14-10-12-22-35(29)44(51)52)39(48)43(37)28-57(31-16-4-1-5-17-31,32-18-6-2-7-19-32,33-20-8-3-9-21-33)41(50)56-27-30-15-11-13-23-36(30)45(53)54/h1-23,34,37H,24-28H2,(H,42,49)(H,46,47). The molecule has 0 aromatic heterocycles. The Bertz CT molecular complexity index is 2210. The molecule has 1 aliphatic heterocycles. The second-order valence-corrected chi connectivity index (χ2v) is 18.1. The summed E-state index contributed by atoms with van der Waals surface area (Å²) in [5, 5.41) is 37.4. The number of likely N-dealkylation sites (tertiary alicyclic amines) is 1. The van der Waals surface area contributed by atoms with E-state index in [2.05, 4.69) is 5.32 Å². The fraction of sp³-hybridized carbons (Fsp3) is 0.171. The van der Waals surface area contributed by atoms with E-state index in [4.69, 9.17) is 9.47 Å². The summed E-state index contributed by atoms with van der Waals surface area (Å²) < 4.78 is 11.4. The number of hydrogen-bond donors (Lipinski definition) is 2. The van der Waals surface area contributed by atoms with Crippen molar-refractivity contribution in [2.45, 2.75) is 25.7 Å². The van der Waals surface area contributed by atoms with E-state index < -0.39 is 71.7 Å². The predicted molar refractivity (Wildman–Crippen MR) is 211 cm³/mol. The summed E-state index contributed by atoms with van der Waals surface area (Å²) in [5.74, 6) is -2.84. The number of carboxylic acid groups (broad SMARTS) is 1. The number of carbonyl (C=O) groups is 4. The Hall–Kier alpha value is -6.99. The van der Waals surface area contributed by atoms with Crippen molar-refractivity contribution >= 4 is 57.6 Å². The number of rotatable bonds is 16. The Morgan fingerprint density at radius 3 is 1.53 bits per heavy atom. The quantitative estimate of drug-likeness (QED) is 0.0524. The summed E-state index contributed by atoms with van der Waals surface area (Å²) in [7, 11) is 0. The molecule has 6 rings (SSSR count). The first-order valence-corrected chi connectivity index (χ1v) is 20.1. The Labute approximate surface area is 326 Å². The number of nitro groups is 2. The number of para-hydroxylation sites is 2. The van der Waals surface area contributed by atoms with Crippen molar-refractivity contribution in [2.24, 2.45) is 5.92 Å². The minimum atomic E-state index is -4.81. The van der Waals surface area contributed by atoms with E-state index in [1.165, 1.54) is 41.3 Å². The van der Waals surface area contributed by atoms with Gasteiger partial charge in [0.05, 0.1) is 0 Å². The van der Waals surface area contributed by atoms with E-state index in [0.717, 1.165) is 0 Å². The SMILES string of the molecule is O=C(O)CC1C(CNC(=O)OCc2ccccc2[N+](=O)[O-])C(=O)N1CP(C(=O)OCc1ccccc1[N+](=O)[O-])(c1ccccc1)(c1ccccc1)c1ccccc1. The fourth-order valence-corrected chi connectivity index (χ4v) is 13.4. The van der Waals surface area contributed by atoms with Crippen LogP contribution in [0.5, 0.6) is 0 Å². The van der Waals surface area contributed by atoms with E-state index in [9.17, 15) is 39.7 Å². The summed E-state index contributed by atoms with van der Waals surface area (Å²) in [6.45, 7) is -6.05. The van der Waals surface area contributed by atoms with Gasteiger partial charge in [-0.25, -0.2) is 0 Å². The van der Waals surface area contributed by atoms with Crippen molar-refractivity contribution in [1.82, 2.24) is 10.2 Å². The van der Waals surface area contributed by atoms with Gasteiger partial charge in [0, 0.05) is 0 Å². The van der Waals surface area contributed by atoms with Crippen LogP contribution in [0.3, 0.4) is 0 Å². The number of benzene rings is 5. The van der Waals surface area contributed by atoms with Gasteiger partial charge in [-0.3, -0.25) is 10.1 Å². The van der Waals surface area contributed by atoms with Gasteiger partial charge in [-0.1, -0.05) is 6.07 Å². The normalized spacial score (nSPS) is 15.6. The van der Waals surface area contributed by atoms with Crippen molar-refractivity contribution in [3.63, 3.8) is 0 Å². The van der Waals surface area contributed by atoms with Crippen LogP contribution in [-0.4, -0.2) is 62.4 Å². The van der Waals surface area contributed by atoms with E-state index in [1.807, 2.05) is 0 Å². The van der Waals surface area contributed by atoms with Crippen molar-refractivity contribution in [2.75, 3.05) is 12.8 Å². The number of β-lactam (4-membered cyclic amide) rings is 1. The third-order valence-corrected chi connectivity index (χ3v) is 16.3.